The van der Waals surface area contributed by atoms with Crippen LogP contribution < -0.4 is 5.32 Å². The van der Waals surface area contributed by atoms with Gasteiger partial charge in [0.2, 0.25) is 0 Å². The summed E-state index contributed by atoms with van der Waals surface area (Å²) in [5.41, 5.74) is -0.772. The summed E-state index contributed by atoms with van der Waals surface area (Å²) in [6, 6.07) is 1.54. The van der Waals surface area contributed by atoms with E-state index in [4.69, 9.17) is 0 Å². The van der Waals surface area contributed by atoms with Crippen molar-refractivity contribution in [2.45, 2.75) is 36.5 Å². The van der Waals surface area contributed by atoms with E-state index in [0.29, 0.717) is 25.7 Å². The van der Waals surface area contributed by atoms with Crippen molar-refractivity contribution in [2.24, 2.45) is 0 Å². The van der Waals surface area contributed by atoms with Crippen LogP contribution in [0.2, 0.25) is 0 Å². The molecule has 20 heavy (non-hydrogen) atoms. The quantitative estimate of drug-likeness (QED) is 0.716. The lowest BCUT2D eigenvalue weighted by molar-refractivity contribution is 0.00607. The molecule has 1 aromatic heterocycles. The Kier molecular flexibility index (Phi) is 4.14. The molecule has 1 amide bonds. The standard InChI is InChI=1S/C12H19N3O4S/c1-20(18,19)9-2-5-12(17,6-3-9)8-13-11(16)10-4-7-14-15-10/h4,7,9,17H,2-3,5-6,8H2,1H3,(H,13,16)(H,14,15). The van der Waals surface area contributed by atoms with Gasteiger partial charge in [0.05, 0.1) is 10.9 Å². The van der Waals surface area contributed by atoms with Gasteiger partial charge in [-0.25, -0.2) is 8.42 Å². The molecule has 3 N–H and O–H groups in total. The summed E-state index contributed by atoms with van der Waals surface area (Å²) in [4.78, 5) is 11.7. The Bertz CT molecular complexity index is 560. The van der Waals surface area contributed by atoms with Crippen LogP contribution in [0.25, 0.3) is 0 Å². The predicted octanol–water partition coefficient (Wildman–Crippen LogP) is -0.142. The fourth-order valence-electron chi connectivity index (χ4n) is 2.46. The molecule has 1 aliphatic carbocycles. The van der Waals surface area contributed by atoms with Crippen molar-refractivity contribution in [3.05, 3.63) is 18.0 Å². The highest BCUT2D eigenvalue weighted by Gasteiger charge is 2.36. The van der Waals surface area contributed by atoms with E-state index in [9.17, 15) is 18.3 Å². The number of nitrogens with one attached hydrogen (secondary N) is 2. The molecule has 0 atom stereocenters. The van der Waals surface area contributed by atoms with Gasteiger partial charge in [0.25, 0.3) is 5.91 Å². The summed E-state index contributed by atoms with van der Waals surface area (Å²) in [6.45, 7) is 0.106. The lowest BCUT2D eigenvalue weighted by Gasteiger charge is -2.35. The van der Waals surface area contributed by atoms with Gasteiger partial charge in [-0.1, -0.05) is 0 Å². The Balaban J connectivity index is 1.86. The molecular weight excluding hydrogens is 282 g/mol. The van der Waals surface area contributed by atoms with E-state index >= 15 is 0 Å². The smallest absolute Gasteiger partial charge is 0.271 e. The van der Waals surface area contributed by atoms with Crippen LogP contribution in [0.15, 0.2) is 12.3 Å². The van der Waals surface area contributed by atoms with Gasteiger partial charge in [-0.05, 0) is 31.7 Å². The van der Waals surface area contributed by atoms with Crippen molar-refractivity contribution in [1.82, 2.24) is 15.5 Å². The second-order valence-corrected chi connectivity index (χ2v) is 7.72. The lowest BCUT2D eigenvalue weighted by atomic mass is 9.84. The summed E-state index contributed by atoms with van der Waals surface area (Å²) < 4.78 is 22.9. The zero-order valence-corrected chi connectivity index (χ0v) is 12.1. The Labute approximate surface area is 117 Å². The number of aromatic amines is 1. The lowest BCUT2D eigenvalue weighted by Crippen LogP contribution is -2.47. The van der Waals surface area contributed by atoms with Crippen LogP contribution in [0.3, 0.4) is 0 Å². The van der Waals surface area contributed by atoms with E-state index in [1.165, 1.54) is 6.26 Å². The number of sulfone groups is 1. The van der Waals surface area contributed by atoms with E-state index in [-0.39, 0.29) is 23.4 Å². The number of nitrogens with zero attached hydrogens (tertiary/aromatic N) is 1. The van der Waals surface area contributed by atoms with Crippen molar-refractivity contribution in [3.8, 4) is 0 Å². The van der Waals surface area contributed by atoms with Crippen molar-refractivity contribution >= 4 is 15.7 Å². The van der Waals surface area contributed by atoms with E-state index < -0.39 is 15.4 Å². The van der Waals surface area contributed by atoms with Crippen LogP contribution in [0.4, 0.5) is 0 Å². The fourth-order valence-corrected chi connectivity index (χ4v) is 3.55. The molecule has 0 aliphatic heterocycles. The zero-order valence-electron chi connectivity index (χ0n) is 11.3. The van der Waals surface area contributed by atoms with Crippen molar-refractivity contribution in [3.63, 3.8) is 0 Å². The number of aromatic nitrogens is 2. The maximum Gasteiger partial charge on any atom is 0.271 e. The first-order valence-corrected chi connectivity index (χ1v) is 8.45. The summed E-state index contributed by atoms with van der Waals surface area (Å²) >= 11 is 0. The Hall–Kier alpha value is -1.41. The first kappa shape index (κ1) is 15.0. The van der Waals surface area contributed by atoms with Crippen LogP contribution in [0, 0.1) is 0 Å². The Morgan fingerprint density at radius 2 is 2.20 bits per heavy atom. The van der Waals surface area contributed by atoms with E-state index in [0.717, 1.165) is 0 Å². The molecule has 7 nitrogen and oxygen atoms in total. The minimum atomic E-state index is -3.06. The Morgan fingerprint density at radius 3 is 2.70 bits per heavy atom. The predicted molar refractivity (Wildman–Crippen MR) is 73.0 cm³/mol. The van der Waals surface area contributed by atoms with Gasteiger partial charge in [-0.15, -0.1) is 0 Å². The molecular formula is C12H19N3O4S. The first-order chi connectivity index (χ1) is 9.30. The van der Waals surface area contributed by atoms with Gasteiger partial charge in [0.1, 0.15) is 15.5 Å². The van der Waals surface area contributed by atoms with Crippen LogP contribution in [-0.4, -0.2) is 53.3 Å². The van der Waals surface area contributed by atoms with Gasteiger partial charge in [0.15, 0.2) is 0 Å². The average molecular weight is 301 g/mol. The molecule has 0 bridgehead atoms. The molecule has 1 saturated carbocycles. The second kappa shape index (κ2) is 5.53. The summed E-state index contributed by atoms with van der Waals surface area (Å²) in [7, 11) is -3.06. The molecule has 1 aliphatic rings. The fraction of sp³-hybridized carbons (Fsp3) is 0.667. The topological polar surface area (TPSA) is 112 Å². The Morgan fingerprint density at radius 1 is 1.55 bits per heavy atom. The average Bonchev–Trinajstić information content (AvgIpc) is 2.89. The molecule has 0 saturated heterocycles. The number of amides is 1. The molecule has 1 heterocycles. The molecule has 2 rings (SSSR count). The molecule has 1 aromatic rings. The third kappa shape index (κ3) is 3.57. The number of carbonyl (C=O) groups is 1. The summed E-state index contributed by atoms with van der Waals surface area (Å²) in [5, 5.41) is 18.9. The van der Waals surface area contributed by atoms with Crippen LogP contribution in [0.1, 0.15) is 36.2 Å². The molecule has 0 aromatic carbocycles. The highest BCUT2D eigenvalue weighted by molar-refractivity contribution is 7.91. The maximum atomic E-state index is 11.7. The van der Waals surface area contributed by atoms with Gasteiger partial charge in [0, 0.05) is 19.0 Å². The summed E-state index contributed by atoms with van der Waals surface area (Å²) in [5.74, 6) is -0.357. The largest absolute Gasteiger partial charge is 0.388 e. The minimum Gasteiger partial charge on any atom is -0.388 e. The van der Waals surface area contributed by atoms with Crippen molar-refractivity contribution in [1.29, 1.82) is 0 Å². The second-order valence-electron chi connectivity index (χ2n) is 5.40. The molecule has 8 heteroatoms. The van der Waals surface area contributed by atoms with Crippen LogP contribution in [0.5, 0.6) is 0 Å². The molecule has 1 fully saturated rings. The van der Waals surface area contributed by atoms with Gasteiger partial charge >= 0.3 is 0 Å². The monoisotopic (exact) mass is 301 g/mol. The third-order valence-electron chi connectivity index (χ3n) is 3.78. The summed E-state index contributed by atoms with van der Waals surface area (Å²) in [6.07, 6.45) is 4.35. The maximum absolute atomic E-state index is 11.7. The number of hydrogen-bond donors (Lipinski definition) is 3. The highest BCUT2D eigenvalue weighted by Crippen LogP contribution is 2.31. The highest BCUT2D eigenvalue weighted by atomic mass is 32.2. The number of aliphatic hydroxyl groups is 1. The number of hydrogen-bond acceptors (Lipinski definition) is 5. The third-order valence-corrected chi connectivity index (χ3v) is 5.46. The van der Waals surface area contributed by atoms with Crippen LogP contribution in [-0.2, 0) is 9.84 Å². The van der Waals surface area contributed by atoms with Gasteiger partial charge < -0.3 is 10.4 Å². The molecule has 0 radical (unpaired) electrons. The number of H-pyrrole nitrogens is 1. The van der Waals surface area contributed by atoms with Crippen molar-refractivity contribution in [2.75, 3.05) is 12.8 Å². The van der Waals surface area contributed by atoms with Gasteiger partial charge in [-0.3, -0.25) is 9.89 Å². The van der Waals surface area contributed by atoms with E-state index in [1.807, 2.05) is 0 Å². The number of rotatable bonds is 4. The molecule has 0 unspecified atom stereocenters. The van der Waals surface area contributed by atoms with Crippen LogP contribution >= 0.6 is 0 Å². The van der Waals surface area contributed by atoms with E-state index in [2.05, 4.69) is 15.5 Å². The van der Waals surface area contributed by atoms with Gasteiger partial charge in [-0.2, -0.15) is 5.10 Å². The first-order valence-electron chi connectivity index (χ1n) is 6.49. The molecule has 0 spiro atoms. The SMILES string of the molecule is CS(=O)(=O)C1CCC(O)(CNC(=O)c2cc[nH]n2)CC1. The van der Waals surface area contributed by atoms with Crippen molar-refractivity contribution < 1.29 is 18.3 Å². The normalized spacial score (nSPS) is 27.2. The zero-order chi connectivity index (χ0) is 14.8. The van der Waals surface area contributed by atoms with E-state index in [1.54, 1.807) is 12.3 Å². The molecule has 112 valence electrons. The number of carbonyl (C=O) groups excluding carboxylic acids is 1. The minimum absolute atomic E-state index is 0.106.